The Morgan fingerprint density at radius 1 is 1.27 bits per heavy atom. The van der Waals surface area contributed by atoms with E-state index in [1.807, 2.05) is 13.8 Å². The number of rotatable bonds is 4. The van der Waals surface area contributed by atoms with Gasteiger partial charge in [-0.2, -0.15) is 0 Å². The van der Waals surface area contributed by atoms with Crippen LogP contribution < -0.4 is 0 Å². The van der Waals surface area contributed by atoms with Crippen LogP contribution in [0.5, 0.6) is 0 Å². The molecule has 0 nitrogen and oxygen atoms in total. The molecule has 0 amide bonds. The van der Waals surface area contributed by atoms with E-state index < -0.39 is 11.6 Å². The molecule has 1 rings (SSSR count). The Labute approximate surface area is 94.3 Å². The van der Waals surface area contributed by atoms with Crippen LogP contribution in [0.25, 0.3) is 0 Å². The highest BCUT2D eigenvalue weighted by Gasteiger charge is 2.21. The molecule has 0 aliphatic heterocycles. The molecule has 0 N–H and O–H groups in total. The average molecular weight is 233 g/mol. The summed E-state index contributed by atoms with van der Waals surface area (Å²) in [7, 11) is 0. The molecular formula is C12H15ClF2. The third-order valence-electron chi connectivity index (χ3n) is 2.79. The van der Waals surface area contributed by atoms with Crippen LogP contribution in [0.4, 0.5) is 8.78 Å². The molecule has 0 saturated carbocycles. The highest BCUT2D eigenvalue weighted by Crippen LogP contribution is 2.28. The Morgan fingerprint density at radius 2 is 1.93 bits per heavy atom. The van der Waals surface area contributed by atoms with Crippen molar-refractivity contribution < 1.29 is 8.78 Å². The number of benzene rings is 1. The minimum Gasteiger partial charge on any atom is -0.204 e. The summed E-state index contributed by atoms with van der Waals surface area (Å²) in [5, 5.41) is 0. The first-order valence-electron chi connectivity index (χ1n) is 5.00. The summed E-state index contributed by atoms with van der Waals surface area (Å²) in [6.07, 6.45) is 1.58. The zero-order valence-corrected chi connectivity index (χ0v) is 9.74. The van der Waals surface area contributed by atoms with Crippen LogP contribution in [-0.4, -0.2) is 5.88 Å². The van der Waals surface area contributed by atoms with Crippen LogP contribution in [0.2, 0.25) is 0 Å². The first-order valence-corrected chi connectivity index (χ1v) is 5.54. The molecule has 3 heteroatoms. The summed E-state index contributed by atoms with van der Waals surface area (Å²) in [4.78, 5) is 0. The summed E-state index contributed by atoms with van der Waals surface area (Å²) >= 11 is 5.86. The maximum absolute atomic E-state index is 13.0. The molecule has 0 aliphatic rings. The van der Waals surface area contributed by atoms with Crippen molar-refractivity contribution in [3.63, 3.8) is 0 Å². The lowest BCUT2D eigenvalue weighted by molar-refractivity contribution is 0.354. The Morgan fingerprint density at radius 3 is 2.40 bits per heavy atom. The molecule has 84 valence electrons. The summed E-state index contributed by atoms with van der Waals surface area (Å²) in [6, 6.07) is 4.02. The predicted molar refractivity (Wildman–Crippen MR) is 59.2 cm³/mol. The summed E-state index contributed by atoms with van der Waals surface area (Å²) in [6.45, 7) is 4.09. The monoisotopic (exact) mass is 232 g/mol. The van der Waals surface area contributed by atoms with E-state index >= 15 is 0 Å². The lowest BCUT2D eigenvalue weighted by atomic mass is 9.83. The fraction of sp³-hybridized carbons (Fsp3) is 0.500. The third-order valence-corrected chi connectivity index (χ3v) is 3.44. The molecule has 0 heterocycles. The lowest BCUT2D eigenvalue weighted by Crippen LogP contribution is -2.20. The molecule has 0 radical (unpaired) electrons. The van der Waals surface area contributed by atoms with Gasteiger partial charge in [-0.25, -0.2) is 8.78 Å². The number of hydrogen-bond acceptors (Lipinski definition) is 0. The van der Waals surface area contributed by atoms with Gasteiger partial charge in [0.25, 0.3) is 0 Å². The van der Waals surface area contributed by atoms with Gasteiger partial charge >= 0.3 is 0 Å². The van der Waals surface area contributed by atoms with E-state index in [-0.39, 0.29) is 5.41 Å². The normalized spacial score (nSPS) is 15.0. The highest BCUT2D eigenvalue weighted by molar-refractivity contribution is 6.18. The van der Waals surface area contributed by atoms with Crippen LogP contribution >= 0.6 is 11.6 Å². The van der Waals surface area contributed by atoms with Crippen molar-refractivity contribution in [2.75, 3.05) is 5.88 Å². The zero-order chi connectivity index (χ0) is 11.5. The Bertz CT molecular complexity index is 332. The van der Waals surface area contributed by atoms with Gasteiger partial charge in [0.15, 0.2) is 11.6 Å². The topological polar surface area (TPSA) is 0 Å². The molecule has 1 aromatic rings. The molecule has 0 bridgehead atoms. The van der Waals surface area contributed by atoms with Crippen molar-refractivity contribution in [1.82, 2.24) is 0 Å². The molecular weight excluding hydrogens is 218 g/mol. The predicted octanol–water partition coefficient (Wildman–Crippen LogP) is 4.16. The zero-order valence-electron chi connectivity index (χ0n) is 8.99. The largest absolute Gasteiger partial charge is 0.204 e. The molecule has 15 heavy (non-hydrogen) atoms. The maximum Gasteiger partial charge on any atom is 0.159 e. The van der Waals surface area contributed by atoms with Crippen LogP contribution in [0, 0.1) is 17.0 Å². The molecule has 1 aromatic carbocycles. The van der Waals surface area contributed by atoms with E-state index in [0.717, 1.165) is 18.1 Å². The summed E-state index contributed by atoms with van der Waals surface area (Å²) in [5.41, 5.74) is 0.741. The fourth-order valence-electron chi connectivity index (χ4n) is 1.41. The Balaban J connectivity index is 2.85. The first kappa shape index (κ1) is 12.4. The van der Waals surface area contributed by atoms with Crippen molar-refractivity contribution in [2.24, 2.45) is 5.41 Å². The van der Waals surface area contributed by atoms with Gasteiger partial charge in [-0.3, -0.25) is 0 Å². The lowest BCUT2D eigenvalue weighted by Gasteiger charge is -2.25. The molecule has 1 unspecified atom stereocenters. The number of halogens is 3. The van der Waals surface area contributed by atoms with Crippen LogP contribution in [-0.2, 0) is 6.42 Å². The summed E-state index contributed by atoms with van der Waals surface area (Å²) < 4.78 is 25.6. The van der Waals surface area contributed by atoms with Crippen molar-refractivity contribution >= 4 is 11.6 Å². The van der Waals surface area contributed by atoms with Crippen molar-refractivity contribution in [1.29, 1.82) is 0 Å². The second kappa shape index (κ2) is 4.93. The molecule has 0 fully saturated rings. The van der Waals surface area contributed by atoms with Crippen LogP contribution in [0.3, 0.4) is 0 Å². The molecule has 0 aliphatic carbocycles. The van der Waals surface area contributed by atoms with Crippen LogP contribution in [0.1, 0.15) is 25.8 Å². The third kappa shape index (κ3) is 3.16. The molecule has 0 saturated heterocycles. The second-order valence-electron chi connectivity index (χ2n) is 4.22. The second-order valence-corrected chi connectivity index (χ2v) is 4.49. The summed E-state index contributed by atoms with van der Waals surface area (Å²) in [5.74, 6) is -1.08. The van der Waals surface area contributed by atoms with Gasteiger partial charge in [0.1, 0.15) is 0 Å². The van der Waals surface area contributed by atoms with E-state index in [1.165, 1.54) is 6.07 Å². The van der Waals surface area contributed by atoms with Crippen LogP contribution in [0.15, 0.2) is 18.2 Å². The average Bonchev–Trinajstić information content (AvgIpc) is 2.23. The Hall–Kier alpha value is -0.630. The minimum atomic E-state index is -0.803. The van der Waals surface area contributed by atoms with E-state index in [9.17, 15) is 8.78 Å². The quantitative estimate of drug-likeness (QED) is 0.684. The van der Waals surface area contributed by atoms with Crippen molar-refractivity contribution in [2.45, 2.75) is 26.7 Å². The standard InChI is InChI=1S/C12H15ClF2/c1-3-12(2,8-13)7-9-4-5-10(14)11(15)6-9/h4-6H,3,7-8H2,1-2H3. The molecule has 0 spiro atoms. The first-order chi connectivity index (χ1) is 7.00. The van der Waals surface area contributed by atoms with E-state index in [4.69, 9.17) is 11.6 Å². The smallest absolute Gasteiger partial charge is 0.159 e. The number of hydrogen-bond donors (Lipinski definition) is 0. The van der Waals surface area contributed by atoms with E-state index in [2.05, 4.69) is 0 Å². The van der Waals surface area contributed by atoms with Crippen molar-refractivity contribution in [3.05, 3.63) is 35.4 Å². The molecule has 0 aromatic heterocycles. The van der Waals surface area contributed by atoms with E-state index in [1.54, 1.807) is 6.07 Å². The van der Waals surface area contributed by atoms with Gasteiger partial charge in [-0.15, -0.1) is 11.6 Å². The van der Waals surface area contributed by atoms with Gasteiger partial charge in [-0.05, 0) is 36.0 Å². The van der Waals surface area contributed by atoms with Gasteiger partial charge in [-0.1, -0.05) is 19.9 Å². The SMILES string of the molecule is CCC(C)(CCl)Cc1ccc(F)c(F)c1. The molecule has 1 atom stereocenters. The van der Waals surface area contributed by atoms with Gasteiger partial charge in [0, 0.05) is 5.88 Å². The minimum absolute atomic E-state index is 0.0498. The van der Waals surface area contributed by atoms with Gasteiger partial charge in [0.2, 0.25) is 0 Å². The Kier molecular flexibility index (Phi) is 4.09. The maximum atomic E-state index is 13.0. The highest BCUT2D eigenvalue weighted by atomic mass is 35.5. The fourth-order valence-corrected chi connectivity index (χ4v) is 1.69. The van der Waals surface area contributed by atoms with Gasteiger partial charge < -0.3 is 0 Å². The van der Waals surface area contributed by atoms with Crippen molar-refractivity contribution in [3.8, 4) is 0 Å². The van der Waals surface area contributed by atoms with E-state index in [0.29, 0.717) is 12.3 Å². The van der Waals surface area contributed by atoms with Gasteiger partial charge in [0.05, 0.1) is 0 Å². The number of alkyl halides is 1.